The van der Waals surface area contributed by atoms with E-state index in [4.69, 9.17) is 9.47 Å². The maximum Gasteiger partial charge on any atom is 0.247 e. The number of ether oxygens (including phenoxy) is 2. The van der Waals surface area contributed by atoms with Crippen LogP contribution in [0.5, 0.6) is 5.75 Å². The molecule has 0 aromatic heterocycles. The van der Waals surface area contributed by atoms with Crippen LogP contribution < -0.4 is 10.1 Å². The average Bonchev–Trinajstić information content (AvgIpc) is 3.41. The van der Waals surface area contributed by atoms with E-state index in [1.54, 1.807) is 11.0 Å². The van der Waals surface area contributed by atoms with E-state index in [0.717, 1.165) is 48.5 Å². The topological polar surface area (TPSA) is 108 Å². The quantitative estimate of drug-likeness (QED) is 0.215. The number of carbonyl (C=O) groups excluding carboxylic acids is 2. The first-order chi connectivity index (χ1) is 17.9. The molecular formula is C28H41IN2O6. The summed E-state index contributed by atoms with van der Waals surface area (Å²) in [6.45, 7) is 3.17. The van der Waals surface area contributed by atoms with Crippen LogP contribution in [0.3, 0.4) is 0 Å². The molecule has 1 saturated heterocycles. The Kier molecular flexibility index (Phi) is 12.6. The van der Waals surface area contributed by atoms with Crippen LogP contribution >= 0.6 is 22.6 Å². The minimum absolute atomic E-state index is 0.0268. The highest BCUT2D eigenvalue weighted by Crippen LogP contribution is 2.31. The fourth-order valence-electron chi connectivity index (χ4n) is 4.92. The molecule has 0 saturated carbocycles. The zero-order valence-corrected chi connectivity index (χ0v) is 23.9. The zero-order chi connectivity index (χ0) is 26.6. The summed E-state index contributed by atoms with van der Waals surface area (Å²) in [6, 6.07) is 6.87. The van der Waals surface area contributed by atoms with Crippen molar-refractivity contribution < 1.29 is 29.3 Å². The van der Waals surface area contributed by atoms with Gasteiger partial charge >= 0.3 is 0 Å². The van der Waals surface area contributed by atoms with Crippen molar-refractivity contribution in [3.8, 4) is 5.75 Å². The molecule has 1 aromatic rings. The Hall–Kier alpha value is -1.69. The Bertz CT molecular complexity index is 904. The number of halogens is 1. The number of aliphatic hydroxyl groups is 2. The third-order valence-electron chi connectivity index (χ3n) is 6.95. The molecule has 2 aliphatic rings. The number of hydrogen-bond donors (Lipinski definition) is 3. The van der Waals surface area contributed by atoms with E-state index in [1.165, 1.54) is 0 Å². The Morgan fingerprint density at radius 2 is 2.00 bits per heavy atom. The normalized spacial score (nSPS) is 23.4. The van der Waals surface area contributed by atoms with Crippen molar-refractivity contribution in [2.24, 2.45) is 0 Å². The van der Waals surface area contributed by atoms with E-state index < -0.39 is 18.2 Å². The van der Waals surface area contributed by atoms with Gasteiger partial charge in [0, 0.05) is 38.1 Å². The summed E-state index contributed by atoms with van der Waals surface area (Å²) in [5.41, 5.74) is 0.438. The number of unbranched alkanes of at least 4 members (excludes halogenated alkanes) is 4. The maximum atomic E-state index is 13.5. The van der Waals surface area contributed by atoms with Gasteiger partial charge in [-0.2, -0.15) is 0 Å². The Morgan fingerprint density at radius 1 is 1.22 bits per heavy atom. The van der Waals surface area contributed by atoms with Gasteiger partial charge in [-0.3, -0.25) is 9.59 Å². The van der Waals surface area contributed by atoms with E-state index in [1.807, 2.05) is 24.3 Å². The molecule has 9 heteroatoms. The highest BCUT2D eigenvalue weighted by molar-refractivity contribution is 14.1. The lowest BCUT2D eigenvalue weighted by atomic mass is 9.87. The standard InChI is InChI=1S/C28H41IN2O6/c1-2-3-4-5-6-13-26(33)31(19-21-10-9-16-36-21)23-17-20(28(35)30-14-15-32)18-25(27(23)34)37-24-12-8-7-11-22(24)29/h7-8,11-12,18,21,23,25,27,32,34H,2-6,9-10,13-17,19H2,1H3,(H,30,35). The Balaban J connectivity index is 1.84. The van der Waals surface area contributed by atoms with Gasteiger partial charge in [0.05, 0.1) is 22.3 Å². The van der Waals surface area contributed by atoms with Crippen LogP contribution in [0, 0.1) is 3.57 Å². The van der Waals surface area contributed by atoms with Gasteiger partial charge in [0.2, 0.25) is 11.8 Å². The summed E-state index contributed by atoms with van der Waals surface area (Å²) >= 11 is 2.17. The number of para-hydroxylation sites is 1. The first-order valence-electron chi connectivity index (χ1n) is 13.5. The van der Waals surface area contributed by atoms with Gasteiger partial charge in [-0.05, 0) is 60.1 Å². The van der Waals surface area contributed by atoms with Gasteiger partial charge in [0.25, 0.3) is 0 Å². The van der Waals surface area contributed by atoms with Gasteiger partial charge in [-0.15, -0.1) is 0 Å². The van der Waals surface area contributed by atoms with Crippen LogP contribution in [0.15, 0.2) is 35.9 Å². The lowest BCUT2D eigenvalue weighted by Crippen LogP contribution is -2.56. The second-order valence-electron chi connectivity index (χ2n) is 9.79. The van der Waals surface area contributed by atoms with Crippen LogP contribution in [0.2, 0.25) is 0 Å². The van der Waals surface area contributed by atoms with Crippen LogP contribution in [0.25, 0.3) is 0 Å². The molecule has 37 heavy (non-hydrogen) atoms. The second-order valence-corrected chi connectivity index (χ2v) is 11.0. The van der Waals surface area contributed by atoms with Gasteiger partial charge in [-0.25, -0.2) is 0 Å². The smallest absolute Gasteiger partial charge is 0.247 e. The largest absolute Gasteiger partial charge is 0.482 e. The Morgan fingerprint density at radius 3 is 2.70 bits per heavy atom. The van der Waals surface area contributed by atoms with Crippen molar-refractivity contribution in [3.63, 3.8) is 0 Å². The zero-order valence-electron chi connectivity index (χ0n) is 21.7. The van der Waals surface area contributed by atoms with Crippen LogP contribution in [-0.2, 0) is 14.3 Å². The fourth-order valence-corrected chi connectivity index (χ4v) is 5.43. The first kappa shape index (κ1) is 29.9. The van der Waals surface area contributed by atoms with E-state index in [0.29, 0.717) is 30.9 Å². The molecule has 0 bridgehead atoms. The van der Waals surface area contributed by atoms with E-state index in [9.17, 15) is 19.8 Å². The van der Waals surface area contributed by atoms with Crippen molar-refractivity contribution in [2.75, 3.05) is 26.3 Å². The number of nitrogens with one attached hydrogen (secondary N) is 1. The van der Waals surface area contributed by atoms with Gasteiger partial charge in [0.15, 0.2) is 0 Å². The van der Waals surface area contributed by atoms with Crippen molar-refractivity contribution in [1.29, 1.82) is 0 Å². The number of hydrogen-bond acceptors (Lipinski definition) is 6. The van der Waals surface area contributed by atoms with Crippen molar-refractivity contribution in [3.05, 3.63) is 39.5 Å². The Labute approximate surface area is 233 Å². The molecule has 3 N–H and O–H groups in total. The lowest BCUT2D eigenvalue weighted by Gasteiger charge is -2.41. The molecule has 4 unspecified atom stereocenters. The minimum atomic E-state index is -1.02. The summed E-state index contributed by atoms with van der Waals surface area (Å²) in [4.78, 5) is 28.2. The number of carbonyl (C=O) groups is 2. The second kappa shape index (κ2) is 15.7. The molecule has 8 nitrogen and oxygen atoms in total. The number of benzene rings is 1. The molecule has 4 atom stereocenters. The molecule has 3 rings (SSSR count). The predicted octanol–water partition coefficient (Wildman–Crippen LogP) is 3.57. The average molecular weight is 629 g/mol. The summed E-state index contributed by atoms with van der Waals surface area (Å²) in [6.07, 6.45) is 7.35. The molecule has 1 aliphatic carbocycles. The van der Waals surface area contributed by atoms with Crippen LogP contribution in [-0.4, -0.2) is 77.6 Å². The number of aliphatic hydroxyl groups excluding tert-OH is 2. The number of amides is 2. The highest BCUT2D eigenvalue weighted by atomic mass is 127. The predicted molar refractivity (Wildman–Crippen MR) is 150 cm³/mol. The summed E-state index contributed by atoms with van der Waals surface area (Å²) in [5.74, 6) is 0.250. The number of rotatable bonds is 14. The molecule has 1 fully saturated rings. The summed E-state index contributed by atoms with van der Waals surface area (Å²) < 4.78 is 12.9. The van der Waals surface area contributed by atoms with Crippen molar-refractivity contribution in [2.45, 2.75) is 89.1 Å². The molecule has 2 amide bonds. The minimum Gasteiger partial charge on any atom is -0.482 e. The lowest BCUT2D eigenvalue weighted by molar-refractivity contribution is -0.141. The molecule has 0 radical (unpaired) electrons. The fraction of sp³-hybridized carbons (Fsp3) is 0.643. The summed E-state index contributed by atoms with van der Waals surface area (Å²) in [5, 5.41) is 23.4. The SMILES string of the molecule is CCCCCCCC(=O)N(CC1CCCO1)C1CC(C(=O)NCCO)=CC(Oc2ccccc2I)C1O. The van der Waals surface area contributed by atoms with E-state index in [2.05, 4.69) is 34.8 Å². The molecule has 1 heterocycles. The summed E-state index contributed by atoms with van der Waals surface area (Å²) in [7, 11) is 0. The third-order valence-corrected chi connectivity index (χ3v) is 7.84. The van der Waals surface area contributed by atoms with Gasteiger partial charge < -0.3 is 29.9 Å². The van der Waals surface area contributed by atoms with E-state index in [-0.39, 0.29) is 37.5 Å². The van der Waals surface area contributed by atoms with Gasteiger partial charge in [0.1, 0.15) is 18.0 Å². The van der Waals surface area contributed by atoms with Crippen LogP contribution in [0.4, 0.5) is 0 Å². The molecule has 0 spiro atoms. The molecule has 1 aliphatic heterocycles. The monoisotopic (exact) mass is 628 g/mol. The first-order valence-corrected chi connectivity index (χ1v) is 14.6. The molecule has 1 aromatic carbocycles. The van der Waals surface area contributed by atoms with Gasteiger partial charge in [-0.1, -0.05) is 44.7 Å². The number of nitrogens with zero attached hydrogens (tertiary/aromatic N) is 1. The third kappa shape index (κ3) is 8.94. The van der Waals surface area contributed by atoms with E-state index >= 15 is 0 Å². The highest BCUT2D eigenvalue weighted by Gasteiger charge is 2.41. The maximum absolute atomic E-state index is 13.5. The van der Waals surface area contributed by atoms with Crippen LogP contribution in [0.1, 0.15) is 64.7 Å². The molecular weight excluding hydrogens is 587 g/mol. The van der Waals surface area contributed by atoms with Crippen molar-refractivity contribution >= 4 is 34.4 Å². The van der Waals surface area contributed by atoms with Crippen molar-refractivity contribution in [1.82, 2.24) is 10.2 Å². The molecule has 206 valence electrons.